The molecule has 5 heteroatoms. The van der Waals surface area contributed by atoms with Crippen LogP contribution >= 0.6 is 0 Å². The molecule has 22 heavy (non-hydrogen) atoms. The first kappa shape index (κ1) is 14.8. The largest absolute Gasteiger partial charge is 0.368 e. The minimum Gasteiger partial charge on any atom is -0.368 e. The van der Waals surface area contributed by atoms with Crippen LogP contribution in [0.4, 0.5) is 0 Å². The second-order valence-corrected chi connectivity index (χ2v) is 5.50. The number of imidazole rings is 1. The summed E-state index contributed by atoms with van der Waals surface area (Å²) in [6, 6.07) is 10.3. The smallest absolute Gasteiger partial charge is 0.249 e. The molecule has 0 unspecified atom stereocenters. The Morgan fingerprint density at radius 3 is 3.00 bits per heavy atom. The molecule has 1 atom stereocenters. The van der Waals surface area contributed by atoms with E-state index in [1.54, 1.807) is 6.20 Å². The molecular weight excluding hydrogens is 278 g/mol. The average molecular weight is 299 g/mol. The van der Waals surface area contributed by atoms with E-state index >= 15 is 0 Å². The van der Waals surface area contributed by atoms with Crippen LogP contribution in [0.2, 0.25) is 0 Å². The van der Waals surface area contributed by atoms with Crippen molar-refractivity contribution in [3.8, 4) is 0 Å². The van der Waals surface area contributed by atoms with Crippen LogP contribution < -0.4 is 5.32 Å². The summed E-state index contributed by atoms with van der Waals surface area (Å²) < 4.78 is 7.49. The maximum absolute atomic E-state index is 11.9. The van der Waals surface area contributed by atoms with E-state index in [0.717, 1.165) is 31.6 Å². The zero-order chi connectivity index (χ0) is 15.2. The highest BCUT2D eigenvalue weighted by Gasteiger charge is 2.22. The highest BCUT2D eigenvalue weighted by molar-refractivity contribution is 5.80. The van der Waals surface area contributed by atoms with Crippen molar-refractivity contribution >= 4 is 5.91 Å². The van der Waals surface area contributed by atoms with Crippen molar-refractivity contribution in [3.63, 3.8) is 0 Å². The number of hydrogen-bond acceptors (Lipinski definition) is 3. The number of benzene rings is 1. The van der Waals surface area contributed by atoms with Crippen molar-refractivity contribution in [2.75, 3.05) is 13.2 Å². The molecule has 0 saturated carbocycles. The van der Waals surface area contributed by atoms with Gasteiger partial charge in [0.25, 0.3) is 0 Å². The molecule has 0 spiro atoms. The molecule has 0 bridgehead atoms. The maximum atomic E-state index is 11.9. The van der Waals surface area contributed by atoms with Gasteiger partial charge in [-0.2, -0.15) is 0 Å². The Hall–Kier alpha value is -2.14. The molecule has 0 aliphatic carbocycles. The standard InChI is InChI=1S/C17H21N3O2/c21-17(15-7-4-12-22-15)19-9-8-16-18-10-11-20(16)13-14-5-2-1-3-6-14/h1-3,5-6,10-11,15H,4,7-9,12-13H2,(H,19,21)/t15-/m1/s1. The van der Waals surface area contributed by atoms with Gasteiger partial charge >= 0.3 is 0 Å². The van der Waals surface area contributed by atoms with Crippen molar-refractivity contribution < 1.29 is 9.53 Å². The summed E-state index contributed by atoms with van der Waals surface area (Å²) >= 11 is 0. The summed E-state index contributed by atoms with van der Waals surface area (Å²) in [5.74, 6) is 0.982. The zero-order valence-corrected chi connectivity index (χ0v) is 12.6. The Morgan fingerprint density at radius 1 is 1.36 bits per heavy atom. The Balaban J connectivity index is 1.51. The van der Waals surface area contributed by atoms with Crippen molar-refractivity contribution in [1.29, 1.82) is 0 Å². The molecule has 1 aromatic heterocycles. The van der Waals surface area contributed by atoms with Crippen LogP contribution in [0.15, 0.2) is 42.7 Å². The lowest BCUT2D eigenvalue weighted by molar-refractivity contribution is -0.130. The topological polar surface area (TPSA) is 56.2 Å². The molecule has 1 aliphatic heterocycles. The summed E-state index contributed by atoms with van der Waals surface area (Å²) in [6.45, 7) is 2.08. The van der Waals surface area contributed by atoms with Crippen LogP contribution in [0.3, 0.4) is 0 Å². The number of hydrogen-bond donors (Lipinski definition) is 1. The fraction of sp³-hybridized carbons (Fsp3) is 0.412. The number of aromatic nitrogens is 2. The van der Waals surface area contributed by atoms with Gasteiger partial charge in [0.2, 0.25) is 5.91 Å². The third-order valence-electron chi connectivity index (χ3n) is 3.87. The molecular formula is C17H21N3O2. The van der Waals surface area contributed by atoms with E-state index in [1.165, 1.54) is 5.56 Å². The number of rotatable bonds is 6. The predicted molar refractivity (Wildman–Crippen MR) is 83.5 cm³/mol. The lowest BCUT2D eigenvalue weighted by atomic mass is 10.2. The van der Waals surface area contributed by atoms with E-state index < -0.39 is 0 Å². The van der Waals surface area contributed by atoms with Gasteiger partial charge in [0.05, 0.1) is 0 Å². The summed E-state index contributed by atoms with van der Waals surface area (Å²) in [5.41, 5.74) is 1.24. The van der Waals surface area contributed by atoms with E-state index in [1.807, 2.05) is 24.4 Å². The van der Waals surface area contributed by atoms with Gasteiger partial charge in [-0.15, -0.1) is 0 Å². The molecule has 2 heterocycles. The second kappa shape index (κ2) is 7.22. The summed E-state index contributed by atoms with van der Waals surface area (Å²) in [6.07, 6.45) is 6.04. The van der Waals surface area contributed by atoms with E-state index in [2.05, 4.69) is 27.0 Å². The van der Waals surface area contributed by atoms with E-state index in [0.29, 0.717) is 13.2 Å². The average Bonchev–Trinajstić information content (AvgIpc) is 3.20. The minimum absolute atomic E-state index is 0.00124. The monoisotopic (exact) mass is 299 g/mol. The van der Waals surface area contributed by atoms with Gasteiger partial charge < -0.3 is 14.6 Å². The third kappa shape index (κ3) is 3.74. The molecule has 1 fully saturated rings. The Morgan fingerprint density at radius 2 is 2.23 bits per heavy atom. The van der Waals surface area contributed by atoms with Crippen LogP contribution in [0.5, 0.6) is 0 Å². The molecule has 0 radical (unpaired) electrons. The zero-order valence-electron chi connectivity index (χ0n) is 12.6. The fourth-order valence-electron chi connectivity index (χ4n) is 2.69. The van der Waals surface area contributed by atoms with Crippen molar-refractivity contribution in [1.82, 2.24) is 14.9 Å². The van der Waals surface area contributed by atoms with Gasteiger partial charge in [-0.3, -0.25) is 4.79 Å². The maximum Gasteiger partial charge on any atom is 0.249 e. The molecule has 1 saturated heterocycles. The Kier molecular flexibility index (Phi) is 4.85. The molecule has 1 amide bonds. The second-order valence-electron chi connectivity index (χ2n) is 5.50. The van der Waals surface area contributed by atoms with Gasteiger partial charge in [-0.25, -0.2) is 4.98 Å². The van der Waals surface area contributed by atoms with Gasteiger partial charge in [0.1, 0.15) is 11.9 Å². The van der Waals surface area contributed by atoms with Gasteiger partial charge in [-0.05, 0) is 18.4 Å². The lowest BCUT2D eigenvalue weighted by Crippen LogP contribution is -2.35. The summed E-state index contributed by atoms with van der Waals surface area (Å²) in [4.78, 5) is 16.3. The number of nitrogens with zero attached hydrogens (tertiary/aromatic N) is 2. The number of ether oxygens (including phenoxy) is 1. The predicted octanol–water partition coefficient (Wildman–Crippen LogP) is 1.77. The van der Waals surface area contributed by atoms with Crippen LogP contribution in [-0.4, -0.2) is 34.7 Å². The highest BCUT2D eigenvalue weighted by atomic mass is 16.5. The first-order valence-corrected chi connectivity index (χ1v) is 7.76. The SMILES string of the molecule is O=C(NCCc1nccn1Cc1ccccc1)[C@H]1CCCO1. The van der Waals surface area contributed by atoms with Gasteiger partial charge in [-0.1, -0.05) is 30.3 Å². The van der Waals surface area contributed by atoms with Crippen LogP contribution in [0, 0.1) is 0 Å². The van der Waals surface area contributed by atoms with Gasteiger partial charge in [0, 0.05) is 38.5 Å². The molecule has 5 nitrogen and oxygen atoms in total. The highest BCUT2D eigenvalue weighted by Crippen LogP contribution is 2.11. The molecule has 1 N–H and O–H groups in total. The first-order chi connectivity index (χ1) is 10.8. The van der Waals surface area contributed by atoms with Crippen molar-refractivity contribution in [2.24, 2.45) is 0 Å². The molecule has 1 aromatic carbocycles. The van der Waals surface area contributed by atoms with E-state index in [4.69, 9.17) is 4.74 Å². The molecule has 1 aliphatic rings. The first-order valence-electron chi connectivity index (χ1n) is 7.76. The molecule has 116 valence electrons. The van der Waals surface area contributed by atoms with Gasteiger partial charge in [0.15, 0.2) is 0 Å². The Labute approximate surface area is 130 Å². The number of carbonyl (C=O) groups is 1. The summed E-state index contributed by atoms with van der Waals surface area (Å²) in [5, 5.41) is 2.94. The molecule has 2 aromatic rings. The van der Waals surface area contributed by atoms with Crippen LogP contribution in [0.1, 0.15) is 24.2 Å². The van der Waals surface area contributed by atoms with E-state index in [-0.39, 0.29) is 12.0 Å². The Bertz CT molecular complexity index is 603. The van der Waals surface area contributed by atoms with Crippen molar-refractivity contribution in [3.05, 3.63) is 54.1 Å². The quantitative estimate of drug-likeness (QED) is 0.884. The minimum atomic E-state index is -0.260. The number of carbonyl (C=O) groups excluding carboxylic acids is 1. The molecule has 3 rings (SSSR count). The number of nitrogens with one attached hydrogen (secondary N) is 1. The number of amides is 1. The van der Waals surface area contributed by atoms with E-state index in [9.17, 15) is 4.79 Å². The van der Waals surface area contributed by atoms with Crippen LogP contribution in [0.25, 0.3) is 0 Å². The van der Waals surface area contributed by atoms with Crippen LogP contribution in [-0.2, 0) is 22.5 Å². The summed E-state index contributed by atoms with van der Waals surface area (Å²) in [7, 11) is 0. The van der Waals surface area contributed by atoms with Crippen molar-refractivity contribution in [2.45, 2.75) is 31.9 Å². The lowest BCUT2D eigenvalue weighted by Gasteiger charge is -2.11. The normalized spacial score (nSPS) is 17.5. The third-order valence-corrected chi connectivity index (χ3v) is 3.87. The fourth-order valence-corrected chi connectivity index (χ4v) is 2.69.